The van der Waals surface area contributed by atoms with Crippen LogP contribution >= 0.6 is 0 Å². The topological polar surface area (TPSA) is 50.8 Å². The first-order valence-corrected chi connectivity index (χ1v) is 6.86. The lowest BCUT2D eigenvalue weighted by atomic mass is 10.1. The summed E-state index contributed by atoms with van der Waals surface area (Å²) in [5, 5.41) is 3.35. The van der Waals surface area contributed by atoms with Gasteiger partial charge in [-0.05, 0) is 25.8 Å². The van der Waals surface area contributed by atoms with Crippen molar-refractivity contribution in [3.8, 4) is 0 Å². The molecule has 1 rings (SSSR count). The van der Waals surface area contributed by atoms with Crippen LogP contribution in [0.3, 0.4) is 0 Å². The Hall–Kier alpha value is -0.650. The number of hydrogen-bond donors (Lipinski definition) is 1. The summed E-state index contributed by atoms with van der Waals surface area (Å²) in [7, 11) is 1.63. The maximum absolute atomic E-state index is 12.1. The van der Waals surface area contributed by atoms with E-state index in [9.17, 15) is 4.79 Å². The zero-order chi connectivity index (χ0) is 13.2. The van der Waals surface area contributed by atoms with Crippen LogP contribution in [0.25, 0.3) is 0 Å². The van der Waals surface area contributed by atoms with Gasteiger partial charge >= 0.3 is 0 Å². The first-order chi connectivity index (χ1) is 8.79. The van der Waals surface area contributed by atoms with Gasteiger partial charge in [-0.1, -0.05) is 6.92 Å². The quantitative estimate of drug-likeness (QED) is 0.649. The predicted molar refractivity (Wildman–Crippen MR) is 70.6 cm³/mol. The van der Waals surface area contributed by atoms with Gasteiger partial charge in [-0.15, -0.1) is 0 Å². The molecule has 1 aliphatic rings. The average molecular weight is 258 g/mol. The van der Waals surface area contributed by atoms with Gasteiger partial charge in [-0.3, -0.25) is 4.79 Å². The van der Waals surface area contributed by atoms with Crippen LogP contribution in [0.4, 0.5) is 0 Å². The van der Waals surface area contributed by atoms with E-state index in [2.05, 4.69) is 12.2 Å². The van der Waals surface area contributed by atoms with E-state index in [0.717, 1.165) is 38.9 Å². The SMILES string of the molecule is CCCN(C(=O)COCCOC)C1CCCNC1. The van der Waals surface area contributed by atoms with Gasteiger partial charge in [0, 0.05) is 26.2 Å². The Morgan fingerprint density at radius 3 is 2.89 bits per heavy atom. The number of nitrogens with one attached hydrogen (secondary N) is 1. The van der Waals surface area contributed by atoms with E-state index in [1.54, 1.807) is 7.11 Å². The fraction of sp³-hybridized carbons (Fsp3) is 0.923. The number of carbonyl (C=O) groups is 1. The first kappa shape index (κ1) is 15.4. The van der Waals surface area contributed by atoms with Crippen LogP contribution in [-0.4, -0.2) is 63.4 Å². The van der Waals surface area contributed by atoms with Crippen molar-refractivity contribution in [2.45, 2.75) is 32.2 Å². The molecule has 0 aromatic carbocycles. The molecule has 1 unspecified atom stereocenters. The minimum Gasteiger partial charge on any atom is -0.382 e. The van der Waals surface area contributed by atoms with Crippen molar-refractivity contribution in [1.29, 1.82) is 0 Å². The lowest BCUT2D eigenvalue weighted by Gasteiger charge is -2.34. The number of nitrogens with zero attached hydrogens (tertiary/aromatic N) is 1. The number of rotatable bonds is 8. The molecule has 1 amide bonds. The highest BCUT2D eigenvalue weighted by Gasteiger charge is 2.24. The van der Waals surface area contributed by atoms with Crippen molar-refractivity contribution in [3.63, 3.8) is 0 Å². The van der Waals surface area contributed by atoms with Crippen molar-refractivity contribution in [1.82, 2.24) is 10.2 Å². The lowest BCUT2D eigenvalue weighted by Crippen LogP contribution is -2.50. The Kier molecular flexibility index (Phi) is 7.96. The van der Waals surface area contributed by atoms with Crippen LogP contribution in [0.5, 0.6) is 0 Å². The van der Waals surface area contributed by atoms with Crippen molar-refractivity contribution >= 4 is 5.91 Å². The fourth-order valence-electron chi connectivity index (χ4n) is 2.24. The molecule has 1 fully saturated rings. The third kappa shape index (κ3) is 5.33. The zero-order valence-electron chi connectivity index (χ0n) is 11.6. The number of carbonyl (C=O) groups excluding carboxylic acids is 1. The number of methoxy groups -OCH3 is 1. The number of piperidine rings is 1. The molecular weight excluding hydrogens is 232 g/mol. The van der Waals surface area contributed by atoms with Gasteiger partial charge < -0.3 is 19.7 Å². The molecule has 5 nitrogen and oxygen atoms in total. The summed E-state index contributed by atoms with van der Waals surface area (Å²) in [6.45, 7) is 6.07. The molecule has 1 heterocycles. The number of ether oxygens (including phenoxy) is 2. The van der Waals surface area contributed by atoms with Gasteiger partial charge in [0.05, 0.1) is 13.2 Å². The molecule has 0 saturated carbocycles. The summed E-state index contributed by atoms with van der Waals surface area (Å²) in [4.78, 5) is 14.1. The summed E-state index contributed by atoms with van der Waals surface area (Å²) in [6.07, 6.45) is 3.22. The van der Waals surface area contributed by atoms with Crippen LogP contribution in [0.15, 0.2) is 0 Å². The minimum absolute atomic E-state index is 0.0988. The minimum atomic E-state index is 0.0988. The van der Waals surface area contributed by atoms with Crippen molar-refractivity contribution < 1.29 is 14.3 Å². The Labute approximate surface area is 110 Å². The van der Waals surface area contributed by atoms with E-state index in [1.165, 1.54) is 0 Å². The molecule has 1 aliphatic heterocycles. The molecule has 1 atom stereocenters. The Bertz CT molecular complexity index is 230. The van der Waals surface area contributed by atoms with Crippen molar-refractivity contribution in [2.24, 2.45) is 0 Å². The van der Waals surface area contributed by atoms with Crippen LogP contribution in [0.1, 0.15) is 26.2 Å². The van der Waals surface area contributed by atoms with Crippen LogP contribution < -0.4 is 5.32 Å². The summed E-state index contributed by atoms with van der Waals surface area (Å²) in [5.41, 5.74) is 0. The number of amides is 1. The van der Waals surface area contributed by atoms with Crippen LogP contribution in [0.2, 0.25) is 0 Å². The summed E-state index contributed by atoms with van der Waals surface area (Å²) < 4.78 is 10.2. The highest BCUT2D eigenvalue weighted by atomic mass is 16.5. The Morgan fingerprint density at radius 1 is 1.44 bits per heavy atom. The molecule has 0 aromatic heterocycles. The molecule has 0 spiro atoms. The molecule has 106 valence electrons. The maximum Gasteiger partial charge on any atom is 0.248 e. The monoisotopic (exact) mass is 258 g/mol. The molecule has 0 aromatic rings. The van der Waals surface area contributed by atoms with Gasteiger partial charge in [-0.25, -0.2) is 0 Å². The Balaban J connectivity index is 2.36. The maximum atomic E-state index is 12.1. The predicted octanol–water partition coefficient (Wildman–Crippen LogP) is 0.640. The molecular formula is C13H26N2O3. The number of hydrogen-bond acceptors (Lipinski definition) is 4. The second-order valence-electron chi connectivity index (χ2n) is 4.63. The van der Waals surface area contributed by atoms with Gasteiger partial charge in [0.1, 0.15) is 6.61 Å². The van der Waals surface area contributed by atoms with Gasteiger partial charge in [0.15, 0.2) is 0 Å². The second kappa shape index (κ2) is 9.30. The molecule has 1 N–H and O–H groups in total. The van der Waals surface area contributed by atoms with E-state index in [1.807, 2.05) is 4.90 Å². The largest absolute Gasteiger partial charge is 0.382 e. The van der Waals surface area contributed by atoms with Crippen molar-refractivity contribution in [3.05, 3.63) is 0 Å². The third-order valence-electron chi connectivity index (χ3n) is 3.15. The highest BCUT2D eigenvalue weighted by Crippen LogP contribution is 2.11. The molecule has 18 heavy (non-hydrogen) atoms. The van der Waals surface area contributed by atoms with E-state index in [0.29, 0.717) is 19.3 Å². The molecule has 1 saturated heterocycles. The lowest BCUT2D eigenvalue weighted by molar-refractivity contribution is -0.139. The normalized spacial score (nSPS) is 19.8. The summed E-state index contributed by atoms with van der Waals surface area (Å²) >= 11 is 0. The zero-order valence-corrected chi connectivity index (χ0v) is 11.6. The molecule has 0 bridgehead atoms. The summed E-state index contributed by atoms with van der Waals surface area (Å²) in [5.74, 6) is 0.0988. The van der Waals surface area contributed by atoms with E-state index < -0.39 is 0 Å². The van der Waals surface area contributed by atoms with Gasteiger partial charge in [0.25, 0.3) is 0 Å². The first-order valence-electron chi connectivity index (χ1n) is 6.86. The van der Waals surface area contributed by atoms with Crippen molar-refractivity contribution in [2.75, 3.05) is 46.6 Å². The fourth-order valence-corrected chi connectivity index (χ4v) is 2.24. The van der Waals surface area contributed by atoms with Gasteiger partial charge in [-0.2, -0.15) is 0 Å². The summed E-state index contributed by atoms with van der Waals surface area (Å²) in [6, 6.07) is 0.331. The third-order valence-corrected chi connectivity index (χ3v) is 3.15. The second-order valence-corrected chi connectivity index (χ2v) is 4.63. The van der Waals surface area contributed by atoms with E-state index in [-0.39, 0.29) is 12.5 Å². The highest BCUT2D eigenvalue weighted by molar-refractivity contribution is 5.77. The molecule has 0 aliphatic carbocycles. The molecule has 0 radical (unpaired) electrons. The van der Waals surface area contributed by atoms with E-state index in [4.69, 9.17) is 9.47 Å². The average Bonchev–Trinajstić information content (AvgIpc) is 2.41. The van der Waals surface area contributed by atoms with Crippen LogP contribution in [-0.2, 0) is 14.3 Å². The van der Waals surface area contributed by atoms with Crippen LogP contribution in [0, 0.1) is 0 Å². The smallest absolute Gasteiger partial charge is 0.248 e. The van der Waals surface area contributed by atoms with E-state index >= 15 is 0 Å². The molecule has 5 heteroatoms. The van der Waals surface area contributed by atoms with Gasteiger partial charge in [0.2, 0.25) is 5.91 Å². The Morgan fingerprint density at radius 2 is 2.28 bits per heavy atom. The standard InChI is InChI=1S/C13H26N2O3/c1-3-7-15(12-5-4-6-14-10-12)13(16)11-18-9-8-17-2/h12,14H,3-11H2,1-2H3.